The molecule has 0 radical (unpaired) electrons. The van der Waals surface area contributed by atoms with Gasteiger partial charge in [-0.15, -0.1) is 0 Å². The molecule has 3 rings (SSSR count). The topological polar surface area (TPSA) is 76.8 Å². The summed E-state index contributed by atoms with van der Waals surface area (Å²) in [5, 5.41) is 3.98. The van der Waals surface area contributed by atoms with Gasteiger partial charge in [0.05, 0.1) is 35.1 Å². The molecule has 1 heterocycles. The molecule has 2 aromatic carbocycles. The number of ether oxygens (including phenoxy) is 2. The molecule has 1 saturated heterocycles. The Hall–Kier alpha value is -1.99. The highest BCUT2D eigenvalue weighted by molar-refractivity contribution is 6.33. The van der Waals surface area contributed by atoms with Gasteiger partial charge in [-0.05, 0) is 37.6 Å². The van der Waals surface area contributed by atoms with E-state index >= 15 is 0 Å². The van der Waals surface area contributed by atoms with Crippen LogP contribution >= 0.6 is 23.2 Å². The summed E-state index contributed by atoms with van der Waals surface area (Å²) in [6, 6.07) is 11.0. The maximum atomic E-state index is 12.8. The van der Waals surface area contributed by atoms with Crippen LogP contribution in [0, 0.1) is 0 Å². The van der Waals surface area contributed by atoms with Gasteiger partial charge in [0.25, 0.3) is 5.91 Å². The lowest BCUT2D eigenvalue weighted by atomic mass is 10.1. The second-order valence-electron chi connectivity index (χ2n) is 7.40. The van der Waals surface area contributed by atoms with Gasteiger partial charge >= 0.3 is 0 Å². The molecule has 0 saturated carbocycles. The van der Waals surface area contributed by atoms with E-state index in [1.807, 2.05) is 38.1 Å². The quantitative estimate of drug-likeness (QED) is 0.622. The van der Waals surface area contributed by atoms with Crippen LogP contribution in [0.4, 0.5) is 5.69 Å². The average molecular weight is 452 g/mol. The van der Waals surface area contributed by atoms with Crippen molar-refractivity contribution in [3.8, 4) is 5.75 Å². The van der Waals surface area contributed by atoms with E-state index in [9.17, 15) is 4.79 Å². The van der Waals surface area contributed by atoms with E-state index in [-0.39, 0.29) is 18.1 Å². The summed E-state index contributed by atoms with van der Waals surface area (Å²) in [6.45, 7) is 7.04. The van der Waals surface area contributed by atoms with E-state index in [4.69, 9.17) is 38.4 Å². The van der Waals surface area contributed by atoms with Crippen molar-refractivity contribution >= 4 is 34.8 Å². The molecule has 30 heavy (non-hydrogen) atoms. The molecule has 1 amide bonds. The van der Waals surface area contributed by atoms with Gasteiger partial charge in [0.2, 0.25) is 0 Å². The number of hydrogen-bond donors (Lipinski definition) is 2. The predicted molar refractivity (Wildman–Crippen MR) is 120 cm³/mol. The third kappa shape index (κ3) is 6.01. The molecule has 3 N–H and O–H groups in total. The third-order valence-corrected chi connectivity index (χ3v) is 5.43. The standard InChI is InChI=1S/C22H27Cl2N3O3/c1-3-29-21-9-20(25)19(24)8-18(21)22(28)26-10-17-13-27(11-14(2)30-17)12-15-4-6-16(23)7-5-15/h4-9,14,17H,3,10-13,25H2,1-2H3,(H,26,28). The second kappa shape index (κ2) is 10.4. The van der Waals surface area contributed by atoms with Crippen molar-refractivity contribution in [1.29, 1.82) is 0 Å². The number of halogens is 2. The van der Waals surface area contributed by atoms with E-state index in [0.29, 0.717) is 41.7 Å². The first-order chi connectivity index (χ1) is 14.4. The molecule has 1 aliphatic rings. The molecule has 1 aliphatic heterocycles. The molecule has 0 spiro atoms. The number of nitrogens with two attached hydrogens (primary N) is 1. The van der Waals surface area contributed by atoms with Crippen LogP contribution in [-0.4, -0.2) is 49.3 Å². The number of anilines is 1. The minimum Gasteiger partial charge on any atom is -0.493 e. The number of morpholine rings is 1. The van der Waals surface area contributed by atoms with Crippen LogP contribution < -0.4 is 15.8 Å². The van der Waals surface area contributed by atoms with Crippen molar-refractivity contribution in [2.45, 2.75) is 32.6 Å². The summed E-state index contributed by atoms with van der Waals surface area (Å²) in [4.78, 5) is 15.1. The van der Waals surface area contributed by atoms with Crippen LogP contribution in [0.5, 0.6) is 5.75 Å². The first-order valence-electron chi connectivity index (χ1n) is 9.98. The van der Waals surface area contributed by atoms with Crippen LogP contribution in [0.25, 0.3) is 0 Å². The van der Waals surface area contributed by atoms with Crippen LogP contribution in [-0.2, 0) is 11.3 Å². The van der Waals surface area contributed by atoms with E-state index in [0.717, 1.165) is 18.1 Å². The van der Waals surface area contributed by atoms with Gasteiger partial charge in [-0.2, -0.15) is 0 Å². The van der Waals surface area contributed by atoms with Crippen molar-refractivity contribution in [1.82, 2.24) is 10.2 Å². The van der Waals surface area contributed by atoms with E-state index in [1.54, 1.807) is 6.07 Å². The Balaban J connectivity index is 1.61. The molecular formula is C22H27Cl2N3O3. The highest BCUT2D eigenvalue weighted by Crippen LogP contribution is 2.29. The fraction of sp³-hybridized carbons (Fsp3) is 0.409. The number of rotatable bonds is 7. The summed E-state index contributed by atoms with van der Waals surface area (Å²) in [5.74, 6) is 0.144. The van der Waals surface area contributed by atoms with Crippen LogP contribution in [0.2, 0.25) is 10.0 Å². The summed E-state index contributed by atoms with van der Waals surface area (Å²) < 4.78 is 11.6. The number of carbonyl (C=O) groups is 1. The van der Waals surface area contributed by atoms with E-state index in [1.165, 1.54) is 11.6 Å². The molecule has 2 unspecified atom stereocenters. The molecule has 6 nitrogen and oxygen atoms in total. The van der Waals surface area contributed by atoms with Crippen molar-refractivity contribution in [3.63, 3.8) is 0 Å². The Labute approximate surface area is 187 Å². The van der Waals surface area contributed by atoms with E-state index < -0.39 is 0 Å². The van der Waals surface area contributed by atoms with Crippen LogP contribution in [0.15, 0.2) is 36.4 Å². The van der Waals surface area contributed by atoms with Crippen LogP contribution in [0.1, 0.15) is 29.8 Å². The Kier molecular flexibility index (Phi) is 7.83. The summed E-state index contributed by atoms with van der Waals surface area (Å²) in [6.07, 6.45) is -0.0531. The summed E-state index contributed by atoms with van der Waals surface area (Å²) in [5.41, 5.74) is 7.76. The van der Waals surface area contributed by atoms with Gasteiger partial charge in [-0.25, -0.2) is 0 Å². The normalized spacial score (nSPS) is 19.5. The number of nitrogens with one attached hydrogen (secondary N) is 1. The van der Waals surface area contributed by atoms with Gasteiger partial charge in [0.15, 0.2) is 0 Å². The SMILES string of the molecule is CCOc1cc(N)c(Cl)cc1C(=O)NCC1CN(Cc2ccc(Cl)cc2)CC(C)O1. The van der Waals surface area contributed by atoms with Gasteiger partial charge in [-0.3, -0.25) is 9.69 Å². The first-order valence-corrected chi connectivity index (χ1v) is 10.7. The molecule has 2 aromatic rings. The highest BCUT2D eigenvalue weighted by atomic mass is 35.5. The lowest BCUT2D eigenvalue weighted by molar-refractivity contribution is -0.0768. The molecule has 1 fully saturated rings. The van der Waals surface area contributed by atoms with Crippen molar-refractivity contribution in [3.05, 3.63) is 57.6 Å². The fourth-order valence-electron chi connectivity index (χ4n) is 3.55. The number of amides is 1. The number of benzene rings is 2. The maximum absolute atomic E-state index is 12.8. The average Bonchev–Trinajstić information content (AvgIpc) is 2.70. The van der Waals surface area contributed by atoms with Gasteiger partial charge in [0, 0.05) is 37.3 Å². The lowest BCUT2D eigenvalue weighted by Gasteiger charge is -2.37. The molecular weight excluding hydrogens is 425 g/mol. The zero-order valence-corrected chi connectivity index (χ0v) is 18.7. The van der Waals surface area contributed by atoms with Crippen molar-refractivity contribution < 1.29 is 14.3 Å². The van der Waals surface area contributed by atoms with Crippen molar-refractivity contribution in [2.75, 3.05) is 32.0 Å². The van der Waals surface area contributed by atoms with E-state index in [2.05, 4.69) is 10.2 Å². The Bertz CT molecular complexity index is 877. The van der Waals surface area contributed by atoms with Crippen molar-refractivity contribution in [2.24, 2.45) is 0 Å². The Morgan fingerprint density at radius 3 is 2.70 bits per heavy atom. The number of carbonyl (C=O) groups excluding carboxylic acids is 1. The monoisotopic (exact) mass is 451 g/mol. The molecule has 8 heteroatoms. The lowest BCUT2D eigenvalue weighted by Crippen LogP contribution is -2.50. The molecule has 162 valence electrons. The van der Waals surface area contributed by atoms with Gasteiger partial charge < -0.3 is 20.5 Å². The Morgan fingerprint density at radius 2 is 2.00 bits per heavy atom. The molecule has 0 aromatic heterocycles. The number of hydrogen-bond acceptors (Lipinski definition) is 5. The third-order valence-electron chi connectivity index (χ3n) is 4.85. The number of nitrogen functional groups attached to an aromatic ring is 1. The maximum Gasteiger partial charge on any atom is 0.255 e. The molecule has 2 atom stereocenters. The highest BCUT2D eigenvalue weighted by Gasteiger charge is 2.26. The minimum atomic E-state index is -0.272. The Morgan fingerprint density at radius 1 is 1.27 bits per heavy atom. The summed E-state index contributed by atoms with van der Waals surface area (Å²) >= 11 is 12.1. The largest absolute Gasteiger partial charge is 0.493 e. The zero-order valence-electron chi connectivity index (χ0n) is 17.2. The smallest absolute Gasteiger partial charge is 0.255 e. The van der Waals surface area contributed by atoms with Gasteiger partial charge in [-0.1, -0.05) is 35.3 Å². The van der Waals surface area contributed by atoms with Crippen LogP contribution in [0.3, 0.4) is 0 Å². The van der Waals surface area contributed by atoms with Gasteiger partial charge in [0.1, 0.15) is 5.75 Å². The predicted octanol–water partition coefficient (Wildman–Crippen LogP) is 3.99. The second-order valence-corrected chi connectivity index (χ2v) is 8.25. The fourth-order valence-corrected chi connectivity index (χ4v) is 3.84. The zero-order chi connectivity index (χ0) is 21.7. The number of nitrogens with zero attached hydrogens (tertiary/aromatic N) is 1. The molecule has 0 bridgehead atoms. The first kappa shape index (κ1) is 22.7. The summed E-state index contributed by atoms with van der Waals surface area (Å²) in [7, 11) is 0. The molecule has 0 aliphatic carbocycles. The minimum absolute atomic E-state index is 0.0675.